The lowest BCUT2D eigenvalue weighted by Crippen LogP contribution is -2.54. The number of likely N-dealkylation sites (tertiary alicyclic amines) is 1. The van der Waals surface area contributed by atoms with Gasteiger partial charge in [-0.25, -0.2) is 9.69 Å². The maximum atomic E-state index is 14.2. The average Bonchev–Trinajstić information content (AvgIpc) is 3.37. The first-order valence-electron chi connectivity index (χ1n) is 12.0. The number of hydrogen-bond acceptors (Lipinski definition) is 6. The summed E-state index contributed by atoms with van der Waals surface area (Å²) in [6, 6.07) is 13.1. The van der Waals surface area contributed by atoms with Crippen LogP contribution in [0, 0.1) is 11.3 Å². The van der Waals surface area contributed by atoms with Crippen molar-refractivity contribution in [2.45, 2.75) is 11.5 Å². The van der Waals surface area contributed by atoms with Gasteiger partial charge in [-0.05, 0) is 35.9 Å². The van der Waals surface area contributed by atoms with Gasteiger partial charge in [-0.3, -0.25) is 14.5 Å². The van der Waals surface area contributed by atoms with Crippen molar-refractivity contribution in [3.05, 3.63) is 63.6 Å². The van der Waals surface area contributed by atoms with E-state index in [4.69, 9.17) is 23.2 Å². The third-order valence-electron chi connectivity index (χ3n) is 7.53. The summed E-state index contributed by atoms with van der Waals surface area (Å²) >= 11 is 12.4. The molecular formula is C26H26Cl2N6O3. The number of likely N-dealkylation sites (N-methyl/N-ethyl adjacent to an activating group) is 1. The summed E-state index contributed by atoms with van der Waals surface area (Å²) in [4.78, 5) is 47.5. The Bertz CT molecular complexity index is 1270. The zero-order valence-corrected chi connectivity index (χ0v) is 21.8. The molecule has 2 aromatic rings. The van der Waals surface area contributed by atoms with Crippen molar-refractivity contribution < 1.29 is 14.4 Å². The Morgan fingerprint density at radius 2 is 1.76 bits per heavy atom. The summed E-state index contributed by atoms with van der Waals surface area (Å²) in [6.07, 6.45) is 0. The maximum absolute atomic E-state index is 14.2. The zero-order valence-electron chi connectivity index (χ0n) is 20.3. The van der Waals surface area contributed by atoms with Gasteiger partial charge in [0.1, 0.15) is 5.54 Å². The number of halogens is 2. The molecule has 11 heteroatoms. The lowest BCUT2D eigenvalue weighted by molar-refractivity contribution is -0.132. The second kappa shape index (κ2) is 9.95. The van der Waals surface area contributed by atoms with Crippen LogP contribution in [0.5, 0.6) is 0 Å². The molecule has 3 saturated heterocycles. The van der Waals surface area contributed by atoms with Gasteiger partial charge in [0.05, 0.1) is 30.4 Å². The van der Waals surface area contributed by atoms with Crippen LogP contribution in [0.3, 0.4) is 0 Å². The van der Waals surface area contributed by atoms with Gasteiger partial charge >= 0.3 is 6.03 Å². The molecule has 9 nitrogen and oxygen atoms in total. The number of rotatable bonds is 4. The normalized spacial score (nSPS) is 24.3. The first-order valence-corrected chi connectivity index (χ1v) is 12.8. The number of nitrogens with zero attached hydrogens (tertiary/aromatic N) is 5. The molecule has 192 valence electrons. The van der Waals surface area contributed by atoms with Crippen molar-refractivity contribution in [2.75, 3.05) is 57.8 Å². The molecule has 3 heterocycles. The number of anilines is 1. The van der Waals surface area contributed by atoms with Crippen molar-refractivity contribution in [1.29, 1.82) is 5.26 Å². The highest BCUT2D eigenvalue weighted by atomic mass is 35.5. The van der Waals surface area contributed by atoms with E-state index in [9.17, 15) is 19.6 Å². The van der Waals surface area contributed by atoms with Crippen LogP contribution in [-0.4, -0.2) is 90.9 Å². The van der Waals surface area contributed by atoms with Crippen molar-refractivity contribution >= 4 is 46.7 Å². The van der Waals surface area contributed by atoms with E-state index in [1.54, 1.807) is 36.2 Å². The smallest absolute Gasteiger partial charge is 0.332 e. The van der Waals surface area contributed by atoms with Gasteiger partial charge in [-0.2, -0.15) is 5.26 Å². The number of nitrogens with one attached hydrogen (secondary N) is 1. The molecule has 3 fully saturated rings. The summed E-state index contributed by atoms with van der Waals surface area (Å²) in [5.41, 5.74) is 0.217. The lowest BCUT2D eigenvalue weighted by Gasteiger charge is -2.33. The highest BCUT2D eigenvalue weighted by molar-refractivity contribution is 6.35. The van der Waals surface area contributed by atoms with E-state index in [1.807, 2.05) is 0 Å². The van der Waals surface area contributed by atoms with Crippen LogP contribution in [0.25, 0.3) is 0 Å². The molecule has 0 radical (unpaired) electrons. The molecule has 37 heavy (non-hydrogen) atoms. The van der Waals surface area contributed by atoms with E-state index >= 15 is 0 Å². The number of carbonyl (C=O) groups is 3. The van der Waals surface area contributed by atoms with Crippen molar-refractivity contribution in [2.24, 2.45) is 0 Å². The average molecular weight is 541 g/mol. The number of amides is 4. The summed E-state index contributed by atoms with van der Waals surface area (Å²) < 4.78 is 0. The summed E-state index contributed by atoms with van der Waals surface area (Å²) in [7, 11) is 1.59. The molecule has 0 saturated carbocycles. The highest BCUT2D eigenvalue weighted by Gasteiger charge is 2.65. The highest BCUT2D eigenvalue weighted by Crippen LogP contribution is 2.46. The summed E-state index contributed by atoms with van der Waals surface area (Å²) in [5.74, 6) is -1.02. The van der Waals surface area contributed by atoms with E-state index < -0.39 is 23.4 Å². The Hall–Kier alpha value is -3.16. The van der Waals surface area contributed by atoms with Crippen molar-refractivity contribution in [3.63, 3.8) is 0 Å². The number of nitriles is 1. The Labute approximate surface area is 225 Å². The molecule has 2 atom stereocenters. The van der Waals surface area contributed by atoms with Crippen LogP contribution >= 0.6 is 23.2 Å². The van der Waals surface area contributed by atoms with Crippen LogP contribution in [-0.2, 0) is 9.59 Å². The van der Waals surface area contributed by atoms with Crippen LogP contribution in [0.15, 0.2) is 42.5 Å². The molecule has 2 unspecified atom stereocenters. The minimum atomic E-state index is -1.32. The minimum Gasteiger partial charge on any atom is -0.338 e. The third kappa shape index (κ3) is 4.44. The van der Waals surface area contributed by atoms with Crippen LogP contribution in [0.1, 0.15) is 17.0 Å². The number of piperazine rings is 1. The Kier molecular flexibility index (Phi) is 6.86. The molecule has 4 amide bonds. The van der Waals surface area contributed by atoms with E-state index in [2.05, 4.69) is 16.3 Å². The molecule has 3 aliphatic heterocycles. The van der Waals surface area contributed by atoms with Crippen LogP contribution < -0.4 is 10.2 Å². The largest absolute Gasteiger partial charge is 0.338 e. The monoisotopic (exact) mass is 540 g/mol. The molecule has 0 aliphatic carbocycles. The van der Waals surface area contributed by atoms with Gasteiger partial charge in [0, 0.05) is 55.7 Å². The van der Waals surface area contributed by atoms with Gasteiger partial charge in [-0.15, -0.1) is 0 Å². The SMILES string of the molecule is CN1C(=O)N(c2cc(Cl)cc(Cl)c2)C(=O)C12CN(C(=O)CN1CCNCC1)CC2c1ccc(C#N)cc1. The molecule has 2 aromatic carbocycles. The molecule has 0 aromatic heterocycles. The zero-order chi connectivity index (χ0) is 26.3. The molecule has 1 spiro atoms. The lowest BCUT2D eigenvalue weighted by atomic mass is 9.80. The van der Waals surface area contributed by atoms with E-state index in [-0.39, 0.29) is 31.2 Å². The van der Waals surface area contributed by atoms with E-state index in [1.165, 1.54) is 23.1 Å². The quantitative estimate of drug-likeness (QED) is 0.598. The number of hydrogen-bond donors (Lipinski definition) is 1. The van der Waals surface area contributed by atoms with Crippen LogP contribution in [0.2, 0.25) is 10.0 Å². The number of benzene rings is 2. The first-order chi connectivity index (χ1) is 17.7. The fourth-order valence-corrected chi connectivity index (χ4v) is 6.07. The van der Waals surface area contributed by atoms with Gasteiger partial charge in [-0.1, -0.05) is 35.3 Å². The molecule has 5 rings (SSSR count). The first kappa shape index (κ1) is 25.5. The van der Waals surface area contributed by atoms with Crippen molar-refractivity contribution in [3.8, 4) is 6.07 Å². The Morgan fingerprint density at radius 3 is 2.38 bits per heavy atom. The molecule has 0 bridgehead atoms. The fourth-order valence-electron chi connectivity index (χ4n) is 5.56. The predicted octanol–water partition coefficient (Wildman–Crippen LogP) is 2.53. The third-order valence-corrected chi connectivity index (χ3v) is 7.97. The molecular weight excluding hydrogens is 515 g/mol. The van der Waals surface area contributed by atoms with Gasteiger partial charge in [0.15, 0.2) is 0 Å². The molecule has 3 aliphatic rings. The van der Waals surface area contributed by atoms with Crippen LogP contribution in [0.4, 0.5) is 10.5 Å². The number of carbonyl (C=O) groups excluding carboxylic acids is 3. The summed E-state index contributed by atoms with van der Waals surface area (Å²) in [6.45, 7) is 3.75. The second-order valence-corrected chi connectivity index (χ2v) is 10.5. The second-order valence-electron chi connectivity index (χ2n) is 9.62. The molecule has 1 N–H and O–H groups in total. The Morgan fingerprint density at radius 1 is 1.11 bits per heavy atom. The van der Waals surface area contributed by atoms with Gasteiger partial charge in [0.25, 0.3) is 5.91 Å². The number of imide groups is 1. The van der Waals surface area contributed by atoms with E-state index in [0.717, 1.165) is 36.6 Å². The minimum absolute atomic E-state index is 0.0640. The predicted molar refractivity (Wildman–Crippen MR) is 140 cm³/mol. The van der Waals surface area contributed by atoms with Gasteiger partial charge < -0.3 is 15.1 Å². The van der Waals surface area contributed by atoms with Crippen molar-refractivity contribution in [1.82, 2.24) is 20.0 Å². The maximum Gasteiger partial charge on any atom is 0.332 e. The summed E-state index contributed by atoms with van der Waals surface area (Å²) in [5, 5.41) is 13.1. The fraction of sp³-hybridized carbons (Fsp3) is 0.385. The standard InChI is InChI=1S/C26H26Cl2N6O3/c1-31-25(37)34(21-11-19(27)10-20(28)12-21)24(36)26(31)16-33(23(35)15-32-8-6-30-7-9-32)14-22(26)18-4-2-17(13-29)3-5-18/h2-5,10-12,22,30H,6-9,14-16H2,1H3. The number of urea groups is 1. The van der Waals surface area contributed by atoms with Gasteiger partial charge in [0.2, 0.25) is 5.91 Å². The van der Waals surface area contributed by atoms with E-state index in [0.29, 0.717) is 15.6 Å². The topological polar surface area (TPSA) is 100.0 Å². The Balaban J connectivity index is 1.53.